The fourth-order valence-corrected chi connectivity index (χ4v) is 3.51. The normalized spacial score (nSPS) is 27.1. The van der Waals surface area contributed by atoms with Crippen molar-refractivity contribution in [1.29, 1.82) is 0 Å². The Balaban J connectivity index is 1.72. The summed E-state index contributed by atoms with van der Waals surface area (Å²) in [6.45, 7) is 6.89. The fourth-order valence-electron chi connectivity index (χ4n) is 3.51. The molecule has 1 aromatic heterocycles. The first-order chi connectivity index (χ1) is 9.19. The fraction of sp³-hybridized carbons (Fsp3) is 0.600. The molecule has 19 heavy (non-hydrogen) atoms. The molecule has 2 aliphatic rings. The van der Waals surface area contributed by atoms with Crippen LogP contribution in [0.3, 0.4) is 0 Å². The van der Waals surface area contributed by atoms with E-state index < -0.39 is 0 Å². The first-order valence-electron chi connectivity index (χ1n) is 7.15. The summed E-state index contributed by atoms with van der Waals surface area (Å²) in [5.41, 5.74) is 2.17. The van der Waals surface area contributed by atoms with Gasteiger partial charge in [-0.25, -0.2) is 0 Å². The molecule has 0 N–H and O–H groups in total. The number of carbonyl (C=O) groups is 1. The summed E-state index contributed by atoms with van der Waals surface area (Å²) in [5.74, 6) is 0.319. The molecular weight excluding hydrogens is 238 g/mol. The molecule has 2 atom stereocenters. The third-order valence-corrected chi connectivity index (χ3v) is 4.38. The van der Waals surface area contributed by atoms with E-state index in [1.807, 2.05) is 17.9 Å². The molecule has 2 aliphatic heterocycles. The van der Waals surface area contributed by atoms with Crippen LogP contribution in [0.25, 0.3) is 0 Å². The Morgan fingerprint density at radius 1 is 1.37 bits per heavy atom. The molecule has 3 heterocycles. The third-order valence-electron chi connectivity index (χ3n) is 4.38. The van der Waals surface area contributed by atoms with E-state index in [1.165, 1.54) is 0 Å². The van der Waals surface area contributed by atoms with Crippen molar-refractivity contribution in [3.63, 3.8) is 0 Å². The Kier molecular flexibility index (Phi) is 3.27. The minimum Gasteiger partial charge on any atom is -0.338 e. The smallest absolute Gasteiger partial charge is 0.224 e. The molecule has 0 aromatic carbocycles. The van der Waals surface area contributed by atoms with E-state index in [-0.39, 0.29) is 0 Å². The second-order valence-electron chi connectivity index (χ2n) is 5.55. The van der Waals surface area contributed by atoms with Gasteiger partial charge in [-0.15, -0.1) is 0 Å². The Labute approximate surface area is 114 Å². The lowest BCUT2D eigenvalue weighted by molar-refractivity contribution is -0.128. The molecule has 0 unspecified atom stereocenters. The second kappa shape index (κ2) is 4.93. The van der Waals surface area contributed by atoms with E-state index in [0.717, 1.165) is 37.4 Å². The summed E-state index contributed by atoms with van der Waals surface area (Å²) in [5, 5.41) is 0. The van der Waals surface area contributed by atoms with Crippen molar-refractivity contribution in [3.8, 4) is 0 Å². The van der Waals surface area contributed by atoms with Crippen molar-refractivity contribution in [3.05, 3.63) is 29.6 Å². The van der Waals surface area contributed by atoms with E-state index in [2.05, 4.69) is 28.9 Å². The molecule has 3 rings (SSSR count). The van der Waals surface area contributed by atoms with Crippen LogP contribution in [0.2, 0.25) is 0 Å². The monoisotopic (exact) mass is 259 g/mol. The Morgan fingerprint density at radius 2 is 2.21 bits per heavy atom. The summed E-state index contributed by atoms with van der Waals surface area (Å²) in [6, 6.07) is 6.99. The first-order valence-corrected chi connectivity index (χ1v) is 7.15. The molecule has 2 fully saturated rings. The van der Waals surface area contributed by atoms with Crippen LogP contribution < -0.4 is 0 Å². The van der Waals surface area contributed by atoms with Crippen LogP contribution in [0, 0.1) is 6.92 Å². The van der Waals surface area contributed by atoms with Gasteiger partial charge in [-0.05, 0) is 32.4 Å². The van der Waals surface area contributed by atoms with Crippen molar-refractivity contribution >= 4 is 5.91 Å². The van der Waals surface area contributed by atoms with E-state index in [1.54, 1.807) is 0 Å². The van der Waals surface area contributed by atoms with Crippen molar-refractivity contribution in [2.24, 2.45) is 0 Å². The number of aryl methyl sites for hydroxylation is 1. The number of nitrogens with zero attached hydrogens (tertiary/aromatic N) is 3. The van der Waals surface area contributed by atoms with Gasteiger partial charge in [-0.2, -0.15) is 0 Å². The number of pyridine rings is 1. The largest absolute Gasteiger partial charge is 0.338 e. The first kappa shape index (κ1) is 12.6. The van der Waals surface area contributed by atoms with Crippen LogP contribution in [-0.4, -0.2) is 45.9 Å². The average molecular weight is 259 g/mol. The SMILES string of the molecule is CCN1C(=O)C[C@H]2[C@@H]1CCN2Cc1cccc(C)n1. The summed E-state index contributed by atoms with van der Waals surface area (Å²) in [7, 11) is 0. The minimum absolute atomic E-state index is 0.319. The number of fused-ring (bicyclic) bond motifs is 1. The van der Waals surface area contributed by atoms with Crippen molar-refractivity contribution in [2.45, 2.75) is 45.3 Å². The highest BCUT2D eigenvalue weighted by Crippen LogP contribution is 2.32. The Hall–Kier alpha value is -1.42. The molecule has 0 saturated carbocycles. The zero-order valence-corrected chi connectivity index (χ0v) is 11.7. The van der Waals surface area contributed by atoms with Gasteiger partial charge in [0.05, 0.1) is 5.69 Å². The van der Waals surface area contributed by atoms with E-state index in [0.29, 0.717) is 24.4 Å². The highest BCUT2D eigenvalue weighted by atomic mass is 16.2. The molecule has 1 aromatic rings. The highest BCUT2D eigenvalue weighted by Gasteiger charge is 2.45. The zero-order chi connectivity index (χ0) is 13.4. The second-order valence-corrected chi connectivity index (χ2v) is 5.55. The lowest BCUT2D eigenvalue weighted by atomic mass is 10.1. The quantitative estimate of drug-likeness (QED) is 0.827. The molecule has 0 aliphatic carbocycles. The molecule has 4 heteroatoms. The van der Waals surface area contributed by atoms with Gasteiger partial charge in [-0.3, -0.25) is 14.7 Å². The van der Waals surface area contributed by atoms with Gasteiger partial charge in [-0.1, -0.05) is 6.07 Å². The van der Waals surface area contributed by atoms with Crippen molar-refractivity contribution in [2.75, 3.05) is 13.1 Å². The number of likely N-dealkylation sites (tertiary alicyclic amines) is 2. The molecule has 102 valence electrons. The maximum atomic E-state index is 12.0. The maximum Gasteiger partial charge on any atom is 0.224 e. The number of hydrogen-bond acceptors (Lipinski definition) is 3. The molecule has 0 bridgehead atoms. The summed E-state index contributed by atoms with van der Waals surface area (Å²) in [6.07, 6.45) is 1.79. The summed E-state index contributed by atoms with van der Waals surface area (Å²) < 4.78 is 0. The number of aromatic nitrogens is 1. The van der Waals surface area contributed by atoms with E-state index in [9.17, 15) is 4.79 Å². The third kappa shape index (κ3) is 2.25. The van der Waals surface area contributed by atoms with Gasteiger partial charge in [0.2, 0.25) is 5.91 Å². The Morgan fingerprint density at radius 3 is 2.95 bits per heavy atom. The Bertz CT molecular complexity index is 488. The van der Waals surface area contributed by atoms with Crippen molar-refractivity contribution < 1.29 is 4.79 Å². The van der Waals surface area contributed by atoms with Gasteiger partial charge in [0, 0.05) is 43.8 Å². The number of carbonyl (C=O) groups excluding carboxylic acids is 1. The zero-order valence-electron chi connectivity index (χ0n) is 11.7. The van der Waals surface area contributed by atoms with Gasteiger partial charge in [0.1, 0.15) is 0 Å². The molecule has 0 spiro atoms. The maximum absolute atomic E-state index is 12.0. The van der Waals surface area contributed by atoms with Crippen LogP contribution in [0.1, 0.15) is 31.2 Å². The molecule has 2 saturated heterocycles. The van der Waals surface area contributed by atoms with Crippen LogP contribution >= 0.6 is 0 Å². The van der Waals surface area contributed by atoms with Gasteiger partial charge < -0.3 is 4.90 Å². The topological polar surface area (TPSA) is 36.4 Å². The predicted octanol–water partition coefficient (Wildman–Crippen LogP) is 1.59. The van der Waals surface area contributed by atoms with Crippen LogP contribution in [0.5, 0.6) is 0 Å². The molecule has 0 radical (unpaired) electrons. The number of rotatable bonds is 3. The lowest BCUT2D eigenvalue weighted by Gasteiger charge is -2.24. The van der Waals surface area contributed by atoms with Gasteiger partial charge >= 0.3 is 0 Å². The number of amides is 1. The molecule has 4 nitrogen and oxygen atoms in total. The van der Waals surface area contributed by atoms with Gasteiger partial charge in [0.25, 0.3) is 0 Å². The van der Waals surface area contributed by atoms with E-state index in [4.69, 9.17) is 0 Å². The standard InChI is InChI=1S/C15H21N3O/c1-3-18-13-7-8-17(14(13)9-15(18)19)10-12-6-4-5-11(2)16-12/h4-6,13-14H,3,7-10H2,1-2H3/t13-,14-/m0/s1. The minimum atomic E-state index is 0.319. The highest BCUT2D eigenvalue weighted by molar-refractivity contribution is 5.80. The molecule has 1 amide bonds. The lowest BCUT2D eigenvalue weighted by Crippen LogP contribution is -2.37. The van der Waals surface area contributed by atoms with E-state index >= 15 is 0 Å². The summed E-state index contributed by atoms with van der Waals surface area (Å²) in [4.78, 5) is 21.0. The number of likely N-dealkylation sites (N-methyl/N-ethyl adjacent to an activating group) is 1. The molecular formula is C15H21N3O. The van der Waals surface area contributed by atoms with Crippen molar-refractivity contribution in [1.82, 2.24) is 14.8 Å². The average Bonchev–Trinajstić information content (AvgIpc) is 2.89. The van der Waals surface area contributed by atoms with Crippen LogP contribution in [0.4, 0.5) is 0 Å². The van der Waals surface area contributed by atoms with Gasteiger partial charge in [0.15, 0.2) is 0 Å². The summed E-state index contributed by atoms with van der Waals surface area (Å²) >= 11 is 0. The van der Waals surface area contributed by atoms with Crippen LogP contribution in [0.15, 0.2) is 18.2 Å². The number of hydrogen-bond donors (Lipinski definition) is 0. The predicted molar refractivity (Wildman–Crippen MR) is 73.6 cm³/mol. The van der Waals surface area contributed by atoms with Crippen LogP contribution in [-0.2, 0) is 11.3 Å².